The topological polar surface area (TPSA) is 80.4 Å². The minimum absolute atomic E-state index is 0.185. The molecule has 1 aromatic rings. The SMILES string of the molecule is C[C@@H](O)c1cn(C2COCC2O)nn1. The van der Waals surface area contributed by atoms with Crippen molar-refractivity contribution in [1.29, 1.82) is 0 Å². The lowest BCUT2D eigenvalue weighted by atomic mass is 10.2. The zero-order chi connectivity index (χ0) is 10.1. The maximum Gasteiger partial charge on any atom is 0.111 e. The summed E-state index contributed by atoms with van der Waals surface area (Å²) in [5.74, 6) is 0. The first-order valence-electron chi connectivity index (χ1n) is 4.54. The number of aliphatic hydroxyl groups excluding tert-OH is 2. The average Bonchev–Trinajstić information content (AvgIpc) is 2.71. The van der Waals surface area contributed by atoms with Gasteiger partial charge in [-0.25, -0.2) is 4.68 Å². The first-order valence-corrected chi connectivity index (χ1v) is 4.54. The fraction of sp³-hybridized carbons (Fsp3) is 0.750. The summed E-state index contributed by atoms with van der Waals surface area (Å²) in [4.78, 5) is 0. The second-order valence-corrected chi connectivity index (χ2v) is 3.47. The highest BCUT2D eigenvalue weighted by Gasteiger charge is 2.29. The molecule has 2 unspecified atom stereocenters. The molecule has 2 N–H and O–H groups in total. The summed E-state index contributed by atoms with van der Waals surface area (Å²) >= 11 is 0. The van der Waals surface area contributed by atoms with Gasteiger partial charge < -0.3 is 14.9 Å². The first kappa shape index (κ1) is 9.57. The summed E-state index contributed by atoms with van der Waals surface area (Å²) in [5, 5.41) is 26.4. The molecule has 78 valence electrons. The average molecular weight is 199 g/mol. The van der Waals surface area contributed by atoms with Crippen molar-refractivity contribution >= 4 is 0 Å². The number of aromatic nitrogens is 3. The Morgan fingerprint density at radius 1 is 1.64 bits per heavy atom. The minimum atomic E-state index is -0.636. The van der Waals surface area contributed by atoms with Crippen molar-refractivity contribution in [3.8, 4) is 0 Å². The molecule has 0 bridgehead atoms. The van der Waals surface area contributed by atoms with Crippen molar-refractivity contribution in [2.45, 2.75) is 25.2 Å². The molecule has 1 fully saturated rings. The molecule has 2 rings (SSSR count). The van der Waals surface area contributed by atoms with Crippen LogP contribution in [-0.4, -0.2) is 44.5 Å². The molecule has 0 saturated carbocycles. The van der Waals surface area contributed by atoms with Crippen LogP contribution in [0.2, 0.25) is 0 Å². The Morgan fingerprint density at radius 2 is 2.43 bits per heavy atom. The van der Waals surface area contributed by atoms with Gasteiger partial charge in [0.25, 0.3) is 0 Å². The largest absolute Gasteiger partial charge is 0.388 e. The van der Waals surface area contributed by atoms with E-state index in [1.807, 2.05) is 0 Å². The van der Waals surface area contributed by atoms with E-state index < -0.39 is 12.2 Å². The van der Waals surface area contributed by atoms with Gasteiger partial charge >= 0.3 is 0 Å². The summed E-state index contributed by atoms with van der Waals surface area (Å²) in [7, 11) is 0. The molecule has 1 aliphatic heterocycles. The summed E-state index contributed by atoms with van der Waals surface area (Å²) in [5.41, 5.74) is 0.504. The van der Waals surface area contributed by atoms with Gasteiger partial charge in [-0.05, 0) is 6.92 Å². The van der Waals surface area contributed by atoms with Crippen molar-refractivity contribution in [3.05, 3.63) is 11.9 Å². The number of hydrogen-bond acceptors (Lipinski definition) is 5. The summed E-state index contributed by atoms with van der Waals surface area (Å²) < 4.78 is 6.63. The van der Waals surface area contributed by atoms with Crippen LogP contribution in [0, 0.1) is 0 Å². The van der Waals surface area contributed by atoms with E-state index in [1.54, 1.807) is 17.8 Å². The highest BCUT2D eigenvalue weighted by molar-refractivity contribution is 4.97. The number of aliphatic hydroxyl groups is 2. The van der Waals surface area contributed by atoms with Crippen LogP contribution in [0.4, 0.5) is 0 Å². The lowest BCUT2D eigenvalue weighted by molar-refractivity contribution is 0.117. The molecule has 0 amide bonds. The normalized spacial score (nSPS) is 29.4. The molecular formula is C8H13N3O3. The van der Waals surface area contributed by atoms with Crippen molar-refractivity contribution in [3.63, 3.8) is 0 Å². The molecule has 2 heterocycles. The third-order valence-electron chi connectivity index (χ3n) is 2.32. The molecule has 1 aliphatic rings. The molecule has 6 heteroatoms. The predicted octanol–water partition coefficient (Wildman–Crippen LogP) is -0.736. The molecule has 0 aliphatic carbocycles. The van der Waals surface area contributed by atoms with Gasteiger partial charge in [0, 0.05) is 0 Å². The second kappa shape index (κ2) is 3.64. The fourth-order valence-electron chi connectivity index (χ4n) is 1.43. The van der Waals surface area contributed by atoms with E-state index in [9.17, 15) is 10.2 Å². The lowest BCUT2D eigenvalue weighted by Crippen LogP contribution is -2.22. The second-order valence-electron chi connectivity index (χ2n) is 3.47. The van der Waals surface area contributed by atoms with E-state index in [0.29, 0.717) is 18.9 Å². The van der Waals surface area contributed by atoms with Gasteiger partial charge in [-0.2, -0.15) is 0 Å². The van der Waals surface area contributed by atoms with Crippen LogP contribution in [0.25, 0.3) is 0 Å². The molecule has 0 spiro atoms. The highest BCUT2D eigenvalue weighted by atomic mass is 16.5. The third kappa shape index (κ3) is 1.63. The van der Waals surface area contributed by atoms with Crippen LogP contribution < -0.4 is 0 Å². The Labute approximate surface area is 81.1 Å². The lowest BCUT2D eigenvalue weighted by Gasteiger charge is -2.10. The summed E-state index contributed by atoms with van der Waals surface area (Å²) in [6, 6.07) is -0.185. The molecule has 6 nitrogen and oxygen atoms in total. The smallest absolute Gasteiger partial charge is 0.111 e. The van der Waals surface area contributed by atoms with Gasteiger partial charge in [0.1, 0.15) is 17.8 Å². The van der Waals surface area contributed by atoms with Crippen molar-refractivity contribution < 1.29 is 14.9 Å². The van der Waals surface area contributed by atoms with Gasteiger partial charge in [-0.15, -0.1) is 5.10 Å². The van der Waals surface area contributed by atoms with E-state index >= 15 is 0 Å². The number of hydrogen-bond donors (Lipinski definition) is 2. The van der Waals surface area contributed by atoms with E-state index in [1.165, 1.54) is 0 Å². The van der Waals surface area contributed by atoms with Crippen LogP contribution in [0.5, 0.6) is 0 Å². The van der Waals surface area contributed by atoms with Crippen LogP contribution >= 0.6 is 0 Å². The van der Waals surface area contributed by atoms with Crippen LogP contribution in [0.15, 0.2) is 6.20 Å². The Morgan fingerprint density at radius 3 is 2.93 bits per heavy atom. The molecule has 14 heavy (non-hydrogen) atoms. The number of ether oxygens (including phenoxy) is 1. The van der Waals surface area contributed by atoms with Crippen molar-refractivity contribution in [2.24, 2.45) is 0 Å². The van der Waals surface area contributed by atoms with E-state index in [0.717, 1.165) is 0 Å². The van der Waals surface area contributed by atoms with E-state index in [2.05, 4.69) is 10.3 Å². The molecular weight excluding hydrogens is 186 g/mol. The molecule has 3 atom stereocenters. The number of nitrogens with zero attached hydrogens (tertiary/aromatic N) is 3. The van der Waals surface area contributed by atoms with Gasteiger partial charge in [0.05, 0.1) is 25.5 Å². The van der Waals surface area contributed by atoms with Gasteiger partial charge in [-0.3, -0.25) is 0 Å². The quantitative estimate of drug-likeness (QED) is 0.656. The fourth-order valence-corrected chi connectivity index (χ4v) is 1.43. The van der Waals surface area contributed by atoms with E-state index in [4.69, 9.17) is 4.74 Å². The van der Waals surface area contributed by atoms with Gasteiger partial charge in [0.2, 0.25) is 0 Å². The molecule has 1 saturated heterocycles. The van der Waals surface area contributed by atoms with Crippen molar-refractivity contribution in [1.82, 2.24) is 15.0 Å². The molecule has 0 aromatic carbocycles. The summed E-state index contributed by atoms with van der Waals surface area (Å²) in [6.07, 6.45) is 0.453. The number of rotatable bonds is 2. The molecule has 0 radical (unpaired) electrons. The zero-order valence-electron chi connectivity index (χ0n) is 7.87. The maximum atomic E-state index is 9.51. The maximum absolute atomic E-state index is 9.51. The standard InChI is InChI=1S/C8H13N3O3/c1-5(12)6-2-11(10-9-6)7-3-14-4-8(7)13/h2,5,7-8,12-13H,3-4H2,1H3/t5-,7?,8?/m1/s1. The van der Waals surface area contributed by atoms with Crippen LogP contribution in [0.3, 0.4) is 0 Å². The molecule has 1 aromatic heterocycles. The monoisotopic (exact) mass is 199 g/mol. The highest BCUT2D eigenvalue weighted by Crippen LogP contribution is 2.19. The van der Waals surface area contributed by atoms with E-state index in [-0.39, 0.29) is 6.04 Å². The Hall–Kier alpha value is -0.980. The summed E-state index contributed by atoms with van der Waals surface area (Å²) in [6.45, 7) is 2.38. The van der Waals surface area contributed by atoms with Crippen LogP contribution in [-0.2, 0) is 4.74 Å². The Balaban J connectivity index is 2.16. The van der Waals surface area contributed by atoms with Crippen molar-refractivity contribution in [2.75, 3.05) is 13.2 Å². The van der Waals surface area contributed by atoms with Gasteiger partial charge in [0.15, 0.2) is 0 Å². The predicted molar refractivity (Wildman–Crippen MR) is 46.5 cm³/mol. The van der Waals surface area contributed by atoms with Crippen LogP contribution in [0.1, 0.15) is 24.8 Å². The minimum Gasteiger partial charge on any atom is -0.388 e. The third-order valence-corrected chi connectivity index (χ3v) is 2.32. The Kier molecular flexibility index (Phi) is 2.49. The Bertz CT molecular complexity index is 313. The zero-order valence-corrected chi connectivity index (χ0v) is 7.87. The first-order chi connectivity index (χ1) is 6.68. The van der Waals surface area contributed by atoms with Gasteiger partial charge in [-0.1, -0.05) is 5.21 Å².